The summed E-state index contributed by atoms with van der Waals surface area (Å²) in [4.78, 5) is 34.3. The summed E-state index contributed by atoms with van der Waals surface area (Å²) in [5, 5.41) is 0. The van der Waals surface area contributed by atoms with Crippen LogP contribution in [-0.2, 0) is 18.7 Å². The van der Waals surface area contributed by atoms with Crippen LogP contribution in [0.4, 0.5) is 0 Å². The average Bonchev–Trinajstić information content (AvgIpc) is 2.64. The Labute approximate surface area is 104 Å². The lowest BCUT2D eigenvalue weighted by atomic mass is 10.1. The maximum absolute atomic E-state index is 11.2. The zero-order valence-corrected chi connectivity index (χ0v) is 9.85. The van der Waals surface area contributed by atoms with Crippen molar-refractivity contribution in [3.05, 3.63) is 12.2 Å². The molecule has 0 spiro atoms. The van der Waals surface area contributed by atoms with Gasteiger partial charge in [0, 0.05) is 18.7 Å². The number of imide groups is 1. The van der Waals surface area contributed by atoms with E-state index in [0.29, 0.717) is 25.8 Å². The van der Waals surface area contributed by atoms with Crippen molar-refractivity contribution < 1.29 is 18.7 Å². The van der Waals surface area contributed by atoms with Crippen LogP contribution in [0, 0.1) is 0 Å². The van der Waals surface area contributed by atoms with E-state index < -0.39 is 12.0 Å². The zero-order chi connectivity index (χ0) is 12.8. The summed E-state index contributed by atoms with van der Waals surface area (Å²) in [6.07, 6.45) is 4.06. The lowest BCUT2D eigenvalue weighted by Crippen LogP contribution is -2.32. The van der Waals surface area contributed by atoms with Gasteiger partial charge in [-0.3, -0.25) is 14.5 Å². The molecule has 0 unspecified atom stereocenters. The van der Waals surface area contributed by atoms with Crippen LogP contribution in [0.25, 0.3) is 0 Å². The third-order valence-corrected chi connectivity index (χ3v) is 2.58. The molecular formula is C10H13ClN2O4. The van der Waals surface area contributed by atoms with Crippen LogP contribution >= 0.6 is 11.9 Å². The first-order chi connectivity index (χ1) is 8.06. The molecule has 7 heteroatoms. The van der Waals surface area contributed by atoms with E-state index in [1.165, 1.54) is 12.2 Å². The van der Waals surface area contributed by atoms with Crippen molar-refractivity contribution >= 4 is 29.6 Å². The van der Waals surface area contributed by atoms with E-state index in [0.717, 1.165) is 4.90 Å². The second kappa shape index (κ2) is 6.36. The smallest absolute Gasteiger partial charge is 0.341 e. The zero-order valence-electron chi connectivity index (χ0n) is 9.10. The molecule has 94 valence electrons. The number of amides is 2. The van der Waals surface area contributed by atoms with Gasteiger partial charge >= 0.3 is 5.97 Å². The second-order valence-corrected chi connectivity index (χ2v) is 3.81. The summed E-state index contributed by atoms with van der Waals surface area (Å²) in [5.41, 5.74) is 5.46. The van der Waals surface area contributed by atoms with Gasteiger partial charge in [-0.2, -0.15) is 0 Å². The standard InChI is InChI=1S/C10H13ClN2O4/c11-17-10(16)7(12)3-1-2-6-13-8(14)4-5-9(13)15/h4-5,7H,1-3,6,12H2/t7-/m0/s1. The van der Waals surface area contributed by atoms with E-state index in [1.54, 1.807) is 0 Å². The molecule has 1 aliphatic heterocycles. The van der Waals surface area contributed by atoms with Crippen molar-refractivity contribution in [2.75, 3.05) is 6.54 Å². The second-order valence-electron chi connectivity index (χ2n) is 3.66. The molecule has 2 amide bonds. The molecule has 0 radical (unpaired) electrons. The summed E-state index contributed by atoms with van der Waals surface area (Å²) >= 11 is 4.87. The predicted octanol–water partition coefficient (Wildman–Crippen LogP) is 0.106. The number of nitrogens with two attached hydrogens (primary N) is 1. The van der Waals surface area contributed by atoms with Gasteiger partial charge in [0.1, 0.15) is 17.9 Å². The van der Waals surface area contributed by atoms with Gasteiger partial charge in [-0.05, 0) is 19.3 Å². The maximum Gasteiger partial charge on any atom is 0.341 e. The topological polar surface area (TPSA) is 89.7 Å². The van der Waals surface area contributed by atoms with Gasteiger partial charge in [0.05, 0.1) is 0 Å². The molecule has 1 aliphatic rings. The molecule has 0 bridgehead atoms. The minimum absolute atomic E-state index is 0.306. The summed E-state index contributed by atoms with van der Waals surface area (Å²) in [5.74, 6) is -1.29. The number of halogens is 1. The minimum atomic E-state index is -0.768. The quantitative estimate of drug-likeness (QED) is 0.541. The van der Waals surface area contributed by atoms with Crippen LogP contribution in [0.1, 0.15) is 19.3 Å². The highest BCUT2D eigenvalue weighted by Gasteiger charge is 2.22. The molecule has 0 saturated heterocycles. The van der Waals surface area contributed by atoms with Crippen molar-refractivity contribution in [2.45, 2.75) is 25.3 Å². The van der Waals surface area contributed by atoms with Crippen LogP contribution in [-0.4, -0.2) is 35.3 Å². The van der Waals surface area contributed by atoms with E-state index in [-0.39, 0.29) is 11.8 Å². The average molecular weight is 261 g/mol. The van der Waals surface area contributed by atoms with Crippen molar-refractivity contribution in [3.63, 3.8) is 0 Å². The molecule has 1 heterocycles. The largest absolute Gasteiger partial charge is 0.346 e. The molecule has 0 aromatic heterocycles. The highest BCUT2D eigenvalue weighted by molar-refractivity contribution is 6.13. The fraction of sp³-hybridized carbons (Fsp3) is 0.500. The van der Waals surface area contributed by atoms with Gasteiger partial charge in [-0.1, -0.05) is 0 Å². The first-order valence-electron chi connectivity index (χ1n) is 5.18. The number of hydrogen-bond donors (Lipinski definition) is 1. The fourth-order valence-corrected chi connectivity index (χ4v) is 1.58. The normalized spacial score (nSPS) is 16.5. The van der Waals surface area contributed by atoms with Crippen LogP contribution in [0.5, 0.6) is 0 Å². The molecule has 0 aromatic rings. The maximum atomic E-state index is 11.2. The van der Waals surface area contributed by atoms with Gasteiger partial charge in [0.2, 0.25) is 0 Å². The van der Waals surface area contributed by atoms with E-state index in [2.05, 4.69) is 4.29 Å². The molecule has 2 N–H and O–H groups in total. The third-order valence-electron chi connectivity index (χ3n) is 2.43. The monoisotopic (exact) mass is 260 g/mol. The Morgan fingerprint density at radius 2 is 1.94 bits per heavy atom. The molecule has 0 saturated carbocycles. The minimum Gasteiger partial charge on any atom is -0.346 e. The first-order valence-corrected chi connectivity index (χ1v) is 5.48. The SMILES string of the molecule is N[C@@H](CCCCN1C(=O)C=CC1=O)C(=O)OCl. The lowest BCUT2D eigenvalue weighted by molar-refractivity contribution is -0.138. The summed E-state index contributed by atoms with van der Waals surface area (Å²) in [6.45, 7) is 0.327. The Bertz CT molecular complexity index is 338. The Balaban J connectivity index is 2.19. The summed E-state index contributed by atoms with van der Waals surface area (Å²) in [6, 6.07) is -0.768. The fourth-order valence-electron chi connectivity index (χ4n) is 1.46. The van der Waals surface area contributed by atoms with E-state index >= 15 is 0 Å². The number of unbranched alkanes of at least 4 members (excludes halogenated alkanes) is 1. The van der Waals surface area contributed by atoms with Gasteiger partial charge in [-0.25, -0.2) is 4.79 Å². The number of rotatable bonds is 6. The van der Waals surface area contributed by atoms with Crippen molar-refractivity contribution in [1.29, 1.82) is 0 Å². The Morgan fingerprint density at radius 3 is 2.47 bits per heavy atom. The number of nitrogens with zero attached hydrogens (tertiary/aromatic N) is 1. The van der Waals surface area contributed by atoms with Crippen LogP contribution in [0.3, 0.4) is 0 Å². The van der Waals surface area contributed by atoms with Gasteiger partial charge in [0.15, 0.2) is 0 Å². The molecular weight excluding hydrogens is 248 g/mol. The van der Waals surface area contributed by atoms with E-state index in [9.17, 15) is 14.4 Å². The Hall–Kier alpha value is -1.40. The molecule has 6 nitrogen and oxygen atoms in total. The van der Waals surface area contributed by atoms with E-state index in [1.807, 2.05) is 0 Å². The van der Waals surface area contributed by atoms with Crippen LogP contribution < -0.4 is 5.73 Å². The lowest BCUT2D eigenvalue weighted by Gasteiger charge is -2.13. The number of carbonyl (C=O) groups excluding carboxylic acids is 3. The predicted molar refractivity (Wildman–Crippen MR) is 59.6 cm³/mol. The van der Waals surface area contributed by atoms with Crippen LogP contribution in [0.2, 0.25) is 0 Å². The molecule has 0 aromatic carbocycles. The molecule has 1 rings (SSSR count). The summed E-state index contributed by atoms with van der Waals surface area (Å²) in [7, 11) is 0. The van der Waals surface area contributed by atoms with Crippen molar-refractivity contribution in [1.82, 2.24) is 4.90 Å². The summed E-state index contributed by atoms with van der Waals surface area (Å²) < 4.78 is 3.96. The van der Waals surface area contributed by atoms with Crippen molar-refractivity contribution in [2.24, 2.45) is 5.73 Å². The third kappa shape index (κ3) is 3.83. The highest BCUT2D eigenvalue weighted by Crippen LogP contribution is 2.08. The van der Waals surface area contributed by atoms with Crippen molar-refractivity contribution in [3.8, 4) is 0 Å². The molecule has 0 aliphatic carbocycles. The van der Waals surface area contributed by atoms with Gasteiger partial charge in [-0.15, -0.1) is 0 Å². The Morgan fingerprint density at radius 1 is 1.35 bits per heavy atom. The number of carbonyl (C=O) groups is 3. The van der Waals surface area contributed by atoms with Gasteiger partial charge in [0.25, 0.3) is 11.8 Å². The first kappa shape index (κ1) is 13.7. The Kier molecular flexibility index (Phi) is 5.11. The van der Waals surface area contributed by atoms with E-state index in [4.69, 9.17) is 17.6 Å². The van der Waals surface area contributed by atoms with Crippen LogP contribution in [0.15, 0.2) is 12.2 Å². The van der Waals surface area contributed by atoms with Gasteiger partial charge < -0.3 is 10.0 Å². The molecule has 0 fully saturated rings. The molecule has 17 heavy (non-hydrogen) atoms. The number of hydrogen-bond acceptors (Lipinski definition) is 5. The molecule has 1 atom stereocenters. The highest BCUT2D eigenvalue weighted by atomic mass is 35.5.